The van der Waals surface area contributed by atoms with Crippen LogP contribution in [0.5, 0.6) is 5.75 Å². The number of para-hydroxylation sites is 1. The van der Waals surface area contributed by atoms with Gasteiger partial charge in [0.2, 0.25) is 0 Å². The molecule has 0 bridgehead atoms. The van der Waals surface area contributed by atoms with E-state index in [-0.39, 0.29) is 11.7 Å². The van der Waals surface area contributed by atoms with Gasteiger partial charge in [-0.1, -0.05) is 19.1 Å². The maximum atomic E-state index is 9.73. The quantitative estimate of drug-likeness (QED) is 0.597. The number of rotatable bonds is 4. The molecule has 0 aliphatic carbocycles. The fourth-order valence-electron chi connectivity index (χ4n) is 1.48. The maximum absolute atomic E-state index is 9.73. The van der Waals surface area contributed by atoms with Gasteiger partial charge in [0.05, 0.1) is 11.8 Å². The second-order valence-corrected chi connectivity index (χ2v) is 3.50. The van der Waals surface area contributed by atoms with Crippen LogP contribution in [0.1, 0.15) is 18.9 Å². The summed E-state index contributed by atoms with van der Waals surface area (Å²) in [4.78, 5) is 0. The molecule has 0 amide bonds. The number of nitriles is 1. The van der Waals surface area contributed by atoms with Gasteiger partial charge in [0.25, 0.3) is 0 Å². The Hall–Kier alpha value is -2.02. The van der Waals surface area contributed by atoms with E-state index in [2.05, 4.69) is 16.6 Å². The monoisotopic (exact) mass is 217 g/mol. The number of phenolic OH excluding ortho intramolecular Hbond substituents is 1. The minimum atomic E-state index is -0.0225. The molecule has 0 saturated heterocycles. The molecule has 0 aliphatic rings. The van der Waals surface area contributed by atoms with Crippen LogP contribution in [0.15, 0.2) is 29.4 Å². The molecule has 1 aromatic rings. The van der Waals surface area contributed by atoms with Crippen LogP contribution in [0.2, 0.25) is 0 Å². The van der Waals surface area contributed by atoms with Crippen LogP contribution in [-0.4, -0.2) is 17.9 Å². The molecule has 84 valence electrons. The first-order valence-corrected chi connectivity index (χ1v) is 5.10. The zero-order valence-corrected chi connectivity index (χ0v) is 9.44. The van der Waals surface area contributed by atoms with Crippen LogP contribution >= 0.6 is 0 Å². The standard InChI is InChI=1S/C12H15N3O/c1-9(7-8-13)12(15-14-2)10-5-3-4-6-11(10)16/h3-6,9,14,16H,7H2,1-2H3/b15-12-. The van der Waals surface area contributed by atoms with Crippen molar-refractivity contribution >= 4 is 5.71 Å². The van der Waals surface area contributed by atoms with Gasteiger partial charge < -0.3 is 10.5 Å². The molecule has 4 nitrogen and oxygen atoms in total. The van der Waals surface area contributed by atoms with Crippen LogP contribution in [0.4, 0.5) is 0 Å². The summed E-state index contributed by atoms with van der Waals surface area (Å²) in [5.41, 5.74) is 4.06. The van der Waals surface area contributed by atoms with Gasteiger partial charge in [-0.15, -0.1) is 0 Å². The van der Waals surface area contributed by atoms with E-state index in [4.69, 9.17) is 5.26 Å². The van der Waals surface area contributed by atoms with Gasteiger partial charge in [0.15, 0.2) is 0 Å². The first-order chi connectivity index (χ1) is 7.70. The predicted octanol–water partition coefficient (Wildman–Crippen LogP) is 1.87. The molecular weight excluding hydrogens is 202 g/mol. The van der Waals surface area contributed by atoms with E-state index in [0.717, 1.165) is 0 Å². The zero-order chi connectivity index (χ0) is 12.0. The Morgan fingerprint density at radius 2 is 2.25 bits per heavy atom. The third-order valence-corrected chi connectivity index (χ3v) is 2.28. The number of nitrogens with one attached hydrogen (secondary N) is 1. The van der Waals surface area contributed by atoms with Crippen molar-refractivity contribution in [2.45, 2.75) is 13.3 Å². The summed E-state index contributed by atoms with van der Waals surface area (Å²) in [6.45, 7) is 1.91. The average molecular weight is 217 g/mol. The molecule has 0 fully saturated rings. The highest BCUT2D eigenvalue weighted by atomic mass is 16.3. The van der Waals surface area contributed by atoms with Crippen LogP contribution < -0.4 is 5.43 Å². The molecule has 1 unspecified atom stereocenters. The van der Waals surface area contributed by atoms with Gasteiger partial charge >= 0.3 is 0 Å². The molecule has 2 N–H and O–H groups in total. The Balaban J connectivity index is 3.10. The molecule has 16 heavy (non-hydrogen) atoms. The fraction of sp³-hybridized carbons (Fsp3) is 0.333. The topological polar surface area (TPSA) is 68.4 Å². The highest BCUT2D eigenvalue weighted by Crippen LogP contribution is 2.21. The van der Waals surface area contributed by atoms with Crippen molar-refractivity contribution in [1.29, 1.82) is 5.26 Å². The smallest absolute Gasteiger partial charge is 0.124 e. The zero-order valence-electron chi connectivity index (χ0n) is 9.44. The molecule has 0 aliphatic heterocycles. The second kappa shape index (κ2) is 5.76. The summed E-state index contributed by atoms with van der Waals surface area (Å²) in [5, 5.41) is 22.5. The highest BCUT2D eigenvalue weighted by molar-refractivity contribution is 6.04. The summed E-state index contributed by atoms with van der Waals surface area (Å²) in [5.74, 6) is 0.159. The van der Waals surface area contributed by atoms with Crippen LogP contribution in [0.3, 0.4) is 0 Å². The third kappa shape index (κ3) is 2.74. The van der Waals surface area contributed by atoms with Crippen LogP contribution in [0, 0.1) is 17.2 Å². The number of phenols is 1. The molecule has 0 radical (unpaired) electrons. The van der Waals surface area contributed by atoms with Gasteiger partial charge in [0.1, 0.15) is 5.75 Å². The number of benzene rings is 1. The van der Waals surface area contributed by atoms with E-state index in [1.807, 2.05) is 13.0 Å². The van der Waals surface area contributed by atoms with E-state index < -0.39 is 0 Å². The molecule has 4 heteroatoms. The predicted molar refractivity (Wildman–Crippen MR) is 63.1 cm³/mol. The Labute approximate surface area is 95.2 Å². The van der Waals surface area contributed by atoms with E-state index in [1.54, 1.807) is 25.2 Å². The maximum Gasteiger partial charge on any atom is 0.124 e. The SMILES string of the molecule is CN/N=C(\c1ccccc1O)C(C)CC#N. The largest absolute Gasteiger partial charge is 0.507 e. The minimum Gasteiger partial charge on any atom is -0.507 e. The van der Waals surface area contributed by atoms with Crippen molar-refractivity contribution in [3.8, 4) is 11.8 Å². The molecule has 0 heterocycles. The van der Waals surface area contributed by atoms with Gasteiger partial charge in [-0.05, 0) is 12.1 Å². The lowest BCUT2D eigenvalue weighted by Crippen LogP contribution is -2.16. The lowest BCUT2D eigenvalue weighted by Gasteiger charge is -2.13. The summed E-state index contributed by atoms with van der Waals surface area (Å²) in [7, 11) is 1.69. The van der Waals surface area contributed by atoms with Crippen LogP contribution in [-0.2, 0) is 0 Å². The van der Waals surface area contributed by atoms with Crippen LogP contribution in [0.25, 0.3) is 0 Å². The lowest BCUT2D eigenvalue weighted by molar-refractivity contribution is 0.473. The van der Waals surface area contributed by atoms with E-state index in [9.17, 15) is 5.11 Å². The van der Waals surface area contributed by atoms with Gasteiger partial charge in [0, 0.05) is 24.9 Å². The molecule has 0 spiro atoms. The first kappa shape index (κ1) is 12.1. The minimum absolute atomic E-state index is 0.0225. The molecular formula is C12H15N3O. The van der Waals surface area contributed by atoms with Crippen molar-refractivity contribution in [2.75, 3.05) is 7.05 Å². The number of hydrogen-bond donors (Lipinski definition) is 2. The Morgan fingerprint density at radius 3 is 2.81 bits per heavy atom. The van der Waals surface area contributed by atoms with E-state index in [0.29, 0.717) is 17.7 Å². The summed E-state index contributed by atoms with van der Waals surface area (Å²) in [6.07, 6.45) is 0.370. The van der Waals surface area contributed by atoms with Crippen molar-refractivity contribution in [3.05, 3.63) is 29.8 Å². The lowest BCUT2D eigenvalue weighted by atomic mass is 9.95. The molecule has 1 aromatic carbocycles. The molecule has 1 atom stereocenters. The average Bonchev–Trinajstić information content (AvgIpc) is 2.27. The van der Waals surface area contributed by atoms with E-state index in [1.165, 1.54) is 0 Å². The number of hydrazone groups is 1. The van der Waals surface area contributed by atoms with Gasteiger partial charge in [-0.2, -0.15) is 10.4 Å². The molecule has 0 aromatic heterocycles. The summed E-state index contributed by atoms with van der Waals surface area (Å²) >= 11 is 0. The normalized spacial score (nSPS) is 12.9. The first-order valence-electron chi connectivity index (χ1n) is 5.10. The fourth-order valence-corrected chi connectivity index (χ4v) is 1.48. The second-order valence-electron chi connectivity index (χ2n) is 3.50. The van der Waals surface area contributed by atoms with Crippen molar-refractivity contribution in [2.24, 2.45) is 11.0 Å². The van der Waals surface area contributed by atoms with Crippen molar-refractivity contribution in [3.63, 3.8) is 0 Å². The Kier molecular flexibility index (Phi) is 4.34. The van der Waals surface area contributed by atoms with Crippen molar-refractivity contribution in [1.82, 2.24) is 5.43 Å². The number of aromatic hydroxyl groups is 1. The Morgan fingerprint density at radius 1 is 1.56 bits per heavy atom. The van der Waals surface area contributed by atoms with Gasteiger partial charge in [-0.3, -0.25) is 0 Å². The summed E-state index contributed by atoms with van der Waals surface area (Å²) < 4.78 is 0. The molecule has 1 rings (SSSR count). The highest BCUT2D eigenvalue weighted by Gasteiger charge is 2.15. The van der Waals surface area contributed by atoms with Crippen molar-refractivity contribution < 1.29 is 5.11 Å². The summed E-state index contributed by atoms with van der Waals surface area (Å²) in [6, 6.07) is 9.09. The third-order valence-electron chi connectivity index (χ3n) is 2.28. The number of nitrogens with zero attached hydrogens (tertiary/aromatic N) is 2. The Bertz CT molecular complexity index is 421. The van der Waals surface area contributed by atoms with E-state index >= 15 is 0 Å². The molecule has 0 saturated carbocycles. The number of hydrogen-bond acceptors (Lipinski definition) is 4. The van der Waals surface area contributed by atoms with Gasteiger partial charge in [-0.25, -0.2) is 0 Å².